The first-order chi connectivity index (χ1) is 48.6. The lowest BCUT2D eigenvalue weighted by molar-refractivity contribution is -0.161. The number of ether oxygens (including phenoxy) is 4. The fraction of sp³-hybridized carbons (Fsp3) is 0.951. The average molecular weight is 1480 g/mol. The van der Waals surface area contributed by atoms with Crippen molar-refractivity contribution in [3.8, 4) is 0 Å². The number of aliphatic hydroxyl groups is 1. The molecule has 0 aliphatic rings. The first-order valence-electron chi connectivity index (χ1n) is 42.2. The number of aliphatic hydroxyl groups excluding tert-OH is 1. The van der Waals surface area contributed by atoms with Crippen molar-refractivity contribution in [2.75, 3.05) is 39.6 Å². The molecule has 3 unspecified atom stereocenters. The number of phosphoric acid groups is 2. The summed E-state index contributed by atoms with van der Waals surface area (Å²) < 4.78 is 68.7. The first-order valence-corrected chi connectivity index (χ1v) is 45.2. The Labute approximate surface area is 619 Å². The number of unbranched alkanes of at least 4 members (excludes halogenated alkanes) is 45. The number of hydrogen-bond donors (Lipinski definition) is 3. The first kappa shape index (κ1) is 99.1. The van der Waals surface area contributed by atoms with Crippen LogP contribution in [0.1, 0.15) is 421 Å². The highest BCUT2D eigenvalue weighted by molar-refractivity contribution is 7.47. The largest absolute Gasteiger partial charge is 0.472 e. The lowest BCUT2D eigenvalue weighted by Gasteiger charge is -2.21. The smallest absolute Gasteiger partial charge is 0.462 e. The zero-order valence-corrected chi connectivity index (χ0v) is 68.3. The average Bonchev–Trinajstić information content (AvgIpc) is 0.928. The summed E-state index contributed by atoms with van der Waals surface area (Å²) in [5.41, 5.74) is 0. The van der Waals surface area contributed by atoms with Crippen LogP contribution in [0.5, 0.6) is 0 Å². The van der Waals surface area contributed by atoms with Crippen molar-refractivity contribution in [3.05, 3.63) is 0 Å². The molecular formula is C82H160O17P2. The Morgan fingerprint density at radius 1 is 0.248 bits per heavy atom. The van der Waals surface area contributed by atoms with Crippen LogP contribution in [0.15, 0.2) is 0 Å². The van der Waals surface area contributed by atoms with Gasteiger partial charge in [0.1, 0.15) is 19.3 Å². The number of carbonyl (C=O) groups excluding carboxylic acids is 4. The Kier molecular flexibility index (Phi) is 69.6. The Hall–Kier alpha value is -1.94. The van der Waals surface area contributed by atoms with E-state index in [0.717, 1.165) is 114 Å². The van der Waals surface area contributed by atoms with Crippen LogP contribution in [0.25, 0.3) is 0 Å². The van der Waals surface area contributed by atoms with Gasteiger partial charge in [0.2, 0.25) is 0 Å². The minimum Gasteiger partial charge on any atom is -0.462 e. The third-order valence-electron chi connectivity index (χ3n) is 19.1. The molecule has 600 valence electrons. The van der Waals surface area contributed by atoms with E-state index in [2.05, 4.69) is 55.4 Å². The molecule has 0 aliphatic heterocycles. The fourth-order valence-corrected chi connectivity index (χ4v) is 14.2. The van der Waals surface area contributed by atoms with Gasteiger partial charge >= 0.3 is 39.5 Å². The van der Waals surface area contributed by atoms with Crippen LogP contribution in [0.4, 0.5) is 0 Å². The maximum absolute atomic E-state index is 13.1. The van der Waals surface area contributed by atoms with Gasteiger partial charge in [-0.05, 0) is 49.4 Å². The predicted octanol–water partition coefficient (Wildman–Crippen LogP) is 24.4. The number of hydrogen-bond acceptors (Lipinski definition) is 15. The fourth-order valence-electron chi connectivity index (χ4n) is 12.6. The highest BCUT2D eigenvalue weighted by atomic mass is 31.2. The van der Waals surface area contributed by atoms with Crippen LogP contribution in [-0.4, -0.2) is 96.7 Å². The van der Waals surface area contributed by atoms with Gasteiger partial charge in [-0.1, -0.05) is 370 Å². The number of phosphoric ester groups is 2. The molecule has 0 amide bonds. The second-order valence-electron chi connectivity index (χ2n) is 31.4. The molecule has 17 nitrogen and oxygen atoms in total. The molecule has 19 heteroatoms. The summed E-state index contributed by atoms with van der Waals surface area (Å²) in [5, 5.41) is 10.6. The molecule has 0 radical (unpaired) electrons. The van der Waals surface area contributed by atoms with Crippen molar-refractivity contribution in [1.29, 1.82) is 0 Å². The van der Waals surface area contributed by atoms with Gasteiger partial charge in [-0.2, -0.15) is 0 Å². The molecule has 0 saturated carbocycles. The molecule has 101 heavy (non-hydrogen) atoms. The maximum atomic E-state index is 13.1. The Bertz CT molecular complexity index is 1970. The molecule has 0 bridgehead atoms. The molecule has 0 aromatic heterocycles. The van der Waals surface area contributed by atoms with Crippen molar-refractivity contribution in [2.24, 2.45) is 23.7 Å². The van der Waals surface area contributed by atoms with Crippen molar-refractivity contribution in [1.82, 2.24) is 0 Å². The van der Waals surface area contributed by atoms with E-state index >= 15 is 0 Å². The molecule has 0 heterocycles. The van der Waals surface area contributed by atoms with E-state index in [1.165, 1.54) is 218 Å². The van der Waals surface area contributed by atoms with Crippen molar-refractivity contribution in [3.63, 3.8) is 0 Å². The third kappa shape index (κ3) is 76.1. The molecule has 0 aromatic carbocycles. The second-order valence-corrected chi connectivity index (χ2v) is 34.3. The zero-order valence-electron chi connectivity index (χ0n) is 66.5. The zero-order chi connectivity index (χ0) is 74.6. The van der Waals surface area contributed by atoms with E-state index in [-0.39, 0.29) is 25.7 Å². The molecule has 0 saturated heterocycles. The highest BCUT2D eigenvalue weighted by Crippen LogP contribution is 2.45. The maximum Gasteiger partial charge on any atom is 0.472 e. The molecule has 0 spiro atoms. The SMILES string of the molecule is CC(C)CCCCCCCCCCCCCCCCCCC(=O)O[C@H](COC(=O)CCCCCCCCCCCCCC(C)C)COP(=O)(O)OCC(O)COP(=O)(O)OC[C@@H](COC(=O)CCCCCCCCCC(C)C)OC(=O)CCCCCCCCCCCCCCCCCC(C)C. The Morgan fingerprint density at radius 2 is 0.416 bits per heavy atom. The quantitative estimate of drug-likeness (QED) is 0.0222. The van der Waals surface area contributed by atoms with E-state index in [4.69, 9.17) is 37.0 Å². The molecular weight excluding hydrogens is 1320 g/mol. The molecule has 3 N–H and O–H groups in total. The lowest BCUT2D eigenvalue weighted by Crippen LogP contribution is -2.30. The van der Waals surface area contributed by atoms with Gasteiger partial charge in [-0.3, -0.25) is 37.3 Å². The molecule has 0 rings (SSSR count). The highest BCUT2D eigenvalue weighted by Gasteiger charge is 2.30. The van der Waals surface area contributed by atoms with Crippen LogP contribution < -0.4 is 0 Å². The molecule has 0 fully saturated rings. The minimum atomic E-state index is -4.96. The summed E-state index contributed by atoms with van der Waals surface area (Å²) in [7, 11) is -9.92. The topological polar surface area (TPSA) is 237 Å². The van der Waals surface area contributed by atoms with Gasteiger partial charge in [-0.25, -0.2) is 9.13 Å². The monoisotopic (exact) mass is 1480 g/mol. The molecule has 0 aromatic rings. The van der Waals surface area contributed by atoms with Gasteiger partial charge in [0.15, 0.2) is 12.2 Å². The van der Waals surface area contributed by atoms with Crippen LogP contribution in [0, 0.1) is 23.7 Å². The normalized spacial score (nSPS) is 14.0. The van der Waals surface area contributed by atoms with E-state index in [1.54, 1.807) is 0 Å². The van der Waals surface area contributed by atoms with Crippen LogP contribution in [0.3, 0.4) is 0 Å². The summed E-state index contributed by atoms with van der Waals surface area (Å²) in [4.78, 5) is 73.1. The minimum absolute atomic E-state index is 0.107. The van der Waals surface area contributed by atoms with Gasteiger partial charge in [0.05, 0.1) is 26.4 Å². The van der Waals surface area contributed by atoms with Crippen molar-refractivity contribution in [2.45, 2.75) is 440 Å². The van der Waals surface area contributed by atoms with E-state index < -0.39 is 97.5 Å². The second kappa shape index (κ2) is 71.0. The molecule has 0 aliphatic carbocycles. The van der Waals surface area contributed by atoms with Crippen molar-refractivity contribution >= 4 is 39.5 Å². The van der Waals surface area contributed by atoms with E-state index in [1.807, 2.05) is 0 Å². The van der Waals surface area contributed by atoms with Crippen molar-refractivity contribution < 1.29 is 80.2 Å². The number of esters is 4. The van der Waals surface area contributed by atoms with Gasteiger partial charge in [0.25, 0.3) is 0 Å². The number of carbonyl (C=O) groups is 4. The summed E-state index contributed by atoms with van der Waals surface area (Å²) in [5.74, 6) is 0.975. The van der Waals surface area contributed by atoms with Gasteiger partial charge < -0.3 is 33.8 Å². The summed E-state index contributed by atoms with van der Waals surface area (Å²) in [6.45, 7) is 14.3. The standard InChI is InChI=1S/C82H160O17P2/c1-72(2)58-50-42-34-27-21-16-12-9-10-14-18-24-31-39-48-56-64-81(86)98-77(68-92-79(84)62-54-46-38-30-26-20-23-29-36-44-52-60-74(5)6)70-96-100(88,89)94-66-76(83)67-95-101(90,91)97-71-78(69-93-80(85)63-55-47-41-33-37-45-53-61-75(7)8)99-82(87)65-57-49-40-32-25-19-15-11-13-17-22-28-35-43-51-59-73(3)4/h72-78,83H,9-71H2,1-8H3,(H,88,89)(H,90,91)/t76?,77-,78-/m1/s1. The van der Waals surface area contributed by atoms with Crippen LogP contribution in [0.2, 0.25) is 0 Å². The third-order valence-corrected chi connectivity index (χ3v) is 21.0. The summed E-state index contributed by atoms with van der Waals surface area (Å²) >= 11 is 0. The van der Waals surface area contributed by atoms with E-state index in [0.29, 0.717) is 31.6 Å². The predicted molar refractivity (Wildman–Crippen MR) is 414 cm³/mol. The Morgan fingerprint density at radius 3 is 0.614 bits per heavy atom. The lowest BCUT2D eigenvalue weighted by atomic mass is 10.0. The van der Waals surface area contributed by atoms with Crippen LogP contribution >= 0.6 is 15.6 Å². The van der Waals surface area contributed by atoms with Gasteiger partial charge in [0, 0.05) is 25.7 Å². The van der Waals surface area contributed by atoms with E-state index in [9.17, 15) is 43.2 Å². The number of rotatable bonds is 79. The molecule has 5 atom stereocenters. The van der Waals surface area contributed by atoms with Gasteiger partial charge in [-0.15, -0.1) is 0 Å². The Balaban J connectivity index is 5.23. The summed E-state index contributed by atoms with van der Waals surface area (Å²) in [6.07, 6.45) is 58.4. The summed E-state index contributed by atoms with van der Waals surface area (Å²) in [6, 6.07) is 0. The van der Waals surface area contributed by atoms with Crippen LogP contribution in [-0.2, 0) is 65.4 Å².